The van der Waals surface area contributed by atoms with Crippen LogP contribution in [0.4, 0.5) is 8.78 Å². The predicted molar refractivity (Wildman–Crippen MR) is 110 cm³/mol. The van der Waals surface area contributed by atoms with Crippen molar-refractivity contribution < 1.29 is 18.4 Å². The molecule has 4 rings (SSSR count). The van der Waals surface area contributed by atoms with E-state index in [1.165, 1.54) is 29.2 Å². The Morgan fingerprint density at radius 3 is 2.33 bits per heavy atom. The monoisotopic (exact) mass is 406 g/mol. The smallest absolute Gasteiger partial charge is 0.205 e. The van der Waals surface area contributed by atoms with Crippen molar-refractivity contribution in [2.75, 3.05) is 19.6 Å². The highest BCUT2D eigenvalue weighted by molar-refractivity contribution is 5.62. The summed E-state index contributed by atoms with van der Waals surface area (Å²) in [5.74, 6) is -0.301. The van der Waals surface area contributed by atoms with Gasteiger partial charge in [0.15, 0.2) is 0 Å². The van der Waals surface area contributed by atoms with Gasteiger partial charge in [0.05, 0.1) is 12.5 Å². The van der Waals surface area contributed by atoms with Crippen LogP contribution in [0.2, 0.25) is 0 Å². The van der Waals surface area contributed by atoms with Gasteiger partial charge in [0.2, 0.25) is 5.88 Å². The maximum atomic E-state index is 13.5. The van der Waals surface area contributed by atoms with Crippen molar-refractivity contribution >= 4 is 6.08 Å². The van der Waals surface area contributed by atoms with Gasteiger partial charge in [-0.3, -0.25) is 0 Å². The Morgan fingerprint density at radius 2 is 1.73 bits per heavy atom. The number of nitrogens with one attached hydrogen (secondary N) is 1. The fourth-order valence-electron chi connectivity index (χ4n) is 4.08. The molecule has 0 fully saturated rings. The number of nitriles is 1. The second-order valence-corrected chi connectivity index (χ2v) is 7.51. The second-order valence-electron chi connectivity index (χ2n) is 7.51. The van der Waals surface area contributed by atoms with Crippen molar-refractivity contribution in [1.82, 2.24) is 0 Å². The van der Waals surface area contributed by atoms with Crippen LogP contribution >= 0.6 is 0 Å². The summed E-state index contributed by atoms with van der Waals surface area (Å²) in [7, 11) is 0. The molecule has 0 saturated carbocycles. The minimum absolute atomic E-state index is 0.0653. The van der Waals surface area contributed by atoms with Gasteiger partial charge in [0, 0.05) is 11.1 Å². The summed E-state index contributed by atoms with van der Waals surface area (Å²) < 4.78 is 32.8. The highest BCUT2D eigenvalue weighted by atomic mass is 19.1. The van der Waals surface area contributed by atoms with E-state index in [0.717, 1.165) is 35.4 Å². The molecular weight excluding hydrogens is 384 g/mol. The number of ether oxygens (including phenoxy) is 1. The van der Waals surface area contributed by atoms with E-state index in [-0.39, 0.29) is 17.5 Å². The van der Waals surface area contributed by atoms with Crippen molar-refractivity contribution in [3.8, 4) is 6.07 Å². The van der Waals surface area contributed by atoms with Gasteiger partial charge in [-0.1, -0.05) is 24.3 Å². The zero-order valence-corrected chi connectivity index (χ0v) is 16.6. The molecule has 2 aromatic rings. The molecule has 2 aliphatic heterocycles. The Morgan fingerprint density at radius 1 is 1.10 bits per heavy atom. The first kappa shape index (κ1) is 19.9. The molecule has 2 heterocycles. The number of nitrogens with two attached hydrogens (primary N) is 1. The average Bonchev–Trinajstić information content (AvgIpc) is 2.75. The molecule has 3 N–H and O–H groups in total. The van der Waals surface area contributed by atoms with Crippen LogP contribution in [0.15, 0.2) is 76.9 Å². The third-order valence-corrected chi connectivity index (χ3v) is 5.61. The predicted octanol–water partition coefficient (Wildman–Crippen LogP) is 3.03. The lowest BCUT2D eigenvalue weighted by atomic mass is 9.80. The highest BCUT2D eigenvalue weighted by Crippen LogP contribution is 2.41. The molecule has 152 valence electrons. The van der Waals surface area contributed by atoms with Gasteiger partial charge in [-0.25, -0.2) is 8.78 Å². The number of halogens is 2. The molecule has 0 aromatic heterocycles. The molecule has 0 aliphatic carbocycles. The van der Waals surface area contributed by atoms with E-state index in [0.29, 0.717) is 17.9 Å². The number of quaternary nitrogens is 1. The highest BCUT2D eigenvalue weighted by Gasteiger charge is 2.39. The molecule has 0 bridgehead atoms. The molecule has 2 atom stereocenters. The van der Waals surface area contributed by atoms with E-state index >= 15 is 0 Å². The lowest BCUT2D eigenvalue weighted by Gasteiger charge is -2.36. The van der Waals surface area contributed by atoms with Crippen molar-refractivity contribution in [3.05, 3.63) is 99.7 Å². The van der Waals surface area contributed by atoms with Crippen molar-refractivity contribution in [3.63, 3.8) is 0 Å². The first-order chi connectivity index (χ1) is 14.5. The maximum Gasteiger partial charge on any atom is 0.205 e. The average molecular weight is 406 g/mol. The minimum atomic E-state index is -0.391. The molecule has 0 amide bonds. The first-order valence-electron chi connectivity index (χ1n) is 9.86. The molecule has 1 unspecified atom stereocenters. The van der Waals surface area contributed by atoms with Crippen LogP contribution < -0.4 is 10.6 Å². The third-order valence-electron chi connectivity index (χ3n) is 5.61. The van der Waals surface area contributed by atoms with Gasteiger partial charge in [0.25, 0.3) is 0 Å². The molecule has 4 nitrogen and oxygen atoms in total. The zero-order valence-electron chi connectivity index (χ0n) is 16.6. The molecule has 2 aromatic carbocycles. The van der Waals surface area contributed by atoms with Crippen LogP contribution in [0.1, 0.15) is 24.0 Å². The summed E-state index contributed by atoms with van der Waals surface area (Å²) >= 11 is 0. The fraction of sp³-hybridized carbons (Fsp3) is 0.208. The first-order valence-corrected chi connectivity index (χ1v) is 9.86. The number of hydrogen-bond donors (Lipinski definition) is 2. The van der Waals surface area contributed by atoms with Crippen LogP contribution in [0.25, 0.3) is 6.08 Å². The van der Waals surface area contributed by atoms with E-state index in [1.807, 2.05) is 6.08 Å². The topological polar surface area (TPSA) is 63.5 Å². The number of allylic oxidation sites excluding steroid dienone is 1. The van der Waals surface area contributed by atoms with Crippen LogP contribution in [0, 0.1) is 23.0 Å². The van der Waals surface area contributed by atoms with Gasteiger partial charge in [-0.05, 0) is 48.4 Å². The minimum Gasteiger partial charge on any atom is -0.440 e. The molecule has 2 aliphatic rings. The second kappa shape index (κ2) is 8.13. The molecule has 0 spiro atoms. The number of nitrogens with zero attached hydrogens (tertiary/aromatic N) is 1. The molecule has 0 radical (unpaired) electrons. The molecule has 6 heteroatoms. The van der Waals surface area contributed by atoms with E-state index in [4.69, 9.17) is 10.5 Å². The number of benzene rings is 2. The lowest BCUT2D eigenvalue weighted by molar-refractivity contribution is -0.890. The Kier molecular flexibility index (Phi) is 5.39. The van der Waals surface area contributed by atoms with E-state index in [9.17, 15) is 14.0 Å². The normalized spacial score (nSPS) is 22.5. The summed E-state index contributed by atoms with van der Waals surface area (Å²) in [5.41, 5.74) is 10.0. The molecular formula is C24H22F2N3O+. The number of rotatable bonds is 3. The Labute approximate surface area is 174 Å². The van der Waals surface area contributed by atoms with Crippen LogP contribution in [-0.4, -0.2) is 19.6 Å². The van der Waals surface area contributed by atoms with Crippen molar-refractivity contribution in [2.24, 2.45) is 5.73 Å². The fourth-order valence-corrected chi connectivity index (χ4v) is 4.08. The summed E-state index contributed by atoms with van der Waals surface area (Å²) in [6.07, 6.45) is 1.97. The maximum absolute atomic E-state index is 13.5. The third kappa shape index (κ3) is 3.72. The number of likely N-dealkylation sites (N-methyl/N-ethyl adjacent to an activating group) is 1. The Hall–Kier alpha value is -3.43. The SMILES string of the molecule is CC[NH+]1CC2=C(OC(N)=C(C#N)[C@H]2c2ccc(F)cc2)/C(=C/c2ccc(F)cc2)C1. The van der Waals surface area contributed by atoms with Crippen molar-refractivity contribution in [2.45, 2.75) is 12.8 Å². The van der Waals surface area contributed by atoms with Crippen LogP contribution in [-0.2, 0) is 4.74 Å². The molecule has 30 heavy (non-hydrogen) atoms. The molecule has 0 saturated heterocycles. The largest absolute Gasteiger partial charge is 0.440 e. The Bertz CT molecular complexity index is 1090. The standard InChI is InChI=1S/C24H21F2N3O/c1-2-29-13-17(11-15-3-7-18(25)8-4-15)23-21(14-29)22(20(12-27)24(28)30-23)16-5-9-19(26)10-6-16/h3-11,22H,2,13-14,28H2,1H3/p+1/b17-11+/t22-/m1/s1. The quantitative estimate of drug-likeness (QED) is 0.824. The number of hydrogen-bond acceptors (Lipinski definition) is 3. The van der Waals surface area contributed by atoms with Gasteiger partial charge in [0.1, 0.15) is 42.1 Å². The Balaban J connectivity index is 1.86. The van der Waals surface area contributed by atoms with Gasteiger partial charge >= 0.3 is 0 Å². The van der Waals surface area contributed by atoms with E-state index in [1.54, 1.807) is 24.3 Å². The van der Waals surface area contributed by atoms with E-state index < -0.39 is 5.92 Å². The van der Waals surface area contributed by atoms with Gasteiger partial charge < -0.3 is 15.4 Å². The summed E-state index contributed by atoms with van der Waals surface area (Å²) in [4.78, 5) is 1.30. The van der Waals surface area contributed by atoms with Crippen LogP contribution in [0.5, 0.6) is 0 Å². The van der Waals surface area contributed by atoms with Crippen molar-refractivity contribution in [1.29, 1.82) is 5.26 Å². The zero-order chi connectivity index (χ0) is 21.3. The van der Waals surface area contributed by atoms with Gasteiger partial charge in [-0.15, -0.1) is 0 Å². The van der Waals surface area contributed by atoms with Crippen LogP contribution in [0.3, 0.4) is 0 Å². The lowest BCUT2D eigenvalue weighted by Crippen LogP contribution is -3.12. The van der Waals surface area contributed by atoms with Gasteiger partial charge in [-0.2, -0.15) is 5.26 Å². The summed E-state index contributed by atoms with van der Waals surface area (Å²) in [6, 6.07) is 14.6. The summed E-state index contributed by atoms with van der Waals surface area (Å²) in [6.45, 7) is 4.39. The van der Waals surface area contributed by atoms with E-state index in [2.05, 4.69) is 13.0 Å². The summed E-state index contributed by atoms with van der Waals surface area (Å²) in [5, 5.41) is 9.77.